The Morgan fingerprint density at radius 1 is 0.886 bits per heavy atom. The Labute approximate surface area is 207 Å². The van der Waals surface area contributed by atoms with Crippen LogP contribution in [-0.4, -0.2) is 35.5 Å². The van der Waals surface area contributed by atoms with E-state index in [2.05, 4.69) is 28.1 Å². The van der Waals surface area contributed by atoms with Crippen molar-refractivity contribution >= 4 is 11.7 Å². The van der Waals surface area contributed by atoms with Gasteiger partial charge < -0.3 is 26.8 Å². The first-order chi connectivity index (χ1) is 16.9. The molecule has 0 aliphatic carbocycles. The number of amidine groups is 1. The highest BCUT2D eigenvalue weighted by atomic mass is 16.3. The topological polar surface area (TPSA) is 123 Å². The molecule has 0 spiro atoms. The van der Waals surface area contributed by atoms with Gasteiger partial charge in [-0.05, 0) is 48.6 Å². The van der Waals surface area contributed by atoms with Crippen LogP contribution in [0.1, 0.15) is 35.6 Å². The molecule has 0 aliphatic rings. The van der Waals surface area contributed by atoms with E-state index >= 15 is 0 Å². The van der Waals surface area contributed by atoms with Gasteiger partial charge in [0.1, 0.15) is 11.6 Å². The summed E-state index contributed by atoms with van der Waals surface area (Å²) in [6.45, 7) is 3.60. The summed E-state index contributed by atoms with van der Waals surface area (Å²) in [5.74, 6) is 0.214. The highest BCUT2D eigenvalue weighted by Gasteiger charge is 2.15. The van der Waals surface area contributed by atoms with Crippen molar-refractivity contribution in [2.24, 2.45) is 5.73 Å². The van der Waals surface area contributed by atoms with Gasteiger partial charge in [-0.15, -0.1) is 0 Å². The Hall–Kier alpha value is -3.68. The second kappa shape index (κ2) is 13.3. The molecule has 7 N–H and O–H groups in total. The molecule has 3 aromatic carbocycles. The van der Waals surface area contributed by atoms with E-state index in [-0.39, 0.29) is 29.6 Å². The van der Waals surface area contributed by atoms with Crippen molar-refractivity contribution in [2.75, 3.05) is 6.54 Å². The first-order valence-corrected chi connectivity index (χ1v) is 11.9. The number of nitrogens with one attached hydrogen (secondary N) is 4. The fourth-order valence-corrected chi connectivity index (χ4v) is 3.69. The van der Waals surface area contributed by atoms with Crippen molar-refractivity contribution in [3.63, 3.8) is 0 Å². The molecule has 7 nitrogen and oxygen atoms in total. The average molecular weight is 474 g/mol. The number of nitrogen functional groups attached to an aromatic ring is 1. The summed E-state index contributed by atoms with van der Waals surface area (Å²) in [6.07, 6.45) is 1.86. The third-order valence-electron chi connectivity index (χ3n) is 5.95. The number of aryl methyl sites for hydroxylation is 1. The smallest absolute Gasteiger partial charge is 0.237 e. The Bertz CT molecular complexity index is 1070. The molecule has 0 fully saturated rings. The fraction of sp³-hybridized carbons (Fsp3) is 0.286. The van der Waals surface area contributed by atoms with Crippen LogP contribution in [0.25, 0.3) is 0 Å². The Balaban J connectivity index is 1.50. The Morgan fingerprint density at radius 3 is 2.17 bits per heavy atom. The molecule has 0 aliphatic heterocycles. The zero-order valence-electron chi connectivity index (χ0n) is 20.1. The predicted octanol–water partition coefficient (Wildman–Crippen LogP) is 3.06. The standard InChI is InChI=1S/C28H35N5O2/c1-20(28(35)33-18-22-7-12-24(13-8-22)27(29)30)31-19-25(14-9-21-5-3-2-4-6-21)32-17-23-10-15-26(34)16-11-23/h2-8,10-13,15-16,20,25,31-32,34H,9,14,17-19H2,1H3,(H3,29,30)(H,33,35)/t20-,25+/m0/s1. The molecule has 0 aromatic heterocycles. The van der Waals surface area contributed by atoms with E-state index in [0.717, 1.165) is 24.0 Å². The van der Waals surface area contributed by atoms with Gasteiger partial charge >= 0.3 is 0 Å². The second-order valence-electron chi connectivity index (χ2n) is 8.73. The maximum Gasteiger partial charge on any atom is 0.237 e. The molecule has 0 unspecified atom stereocenters. The van der Waals surface area contributed by atoms with E-state index in [4.69, 9.17) is 11.1 Å². The van der Waals surface area contributed by atoms with E-state index in [0.29, 0.717) is 25.2 Å². The van der Waals surface area contributed by atoms with Crippen molar-refractivity contribution in [2.45, 2.75) is 44.9 Å². The van der Waals surface area contributed by atoms with Crippen LogP contribution in [-0.2, 0) is 24.3 Å². The number of phenols is 1. The third kappa shape index (κ3) is 8.88. The number of hydrogen-bond donors (Lipinski definition) is 6. The highest BCUT2D eigenvalue weighted by Crippen LogP contribution is 2.11. The summed E-state index contributed by atoms with van der Waals surface area (Å²) in [6, 6.07) is 24.7. The van der Waals surface area contributed by atoms with Crippen LogP contribution in [0.5, 0.6) is 5.75 Å². The van der Waals surface area contributed by atoms with Crippen LogP contribution < -0.4 is 21.7 Å². The lowest BCUT2D eigenvalue weighted by Gasteiger charge is -2.22. The van der Waals surface area contributed by atoms with Crippen LogP contribution in [0, 0.1) is 5.41 Å². The van der Waals surface area contributed by atoms with Crippen molar-refractivity contribution in [3.05, 3.63) is 101 Å². The minimum atomic E-state index is -0.346. The van der Waals surface area contributed by atoms with Crippen molar-refractivity contribution in [1.82, 2.24) is 16.0 Å². The van der Waals surface area contributed by atoms with Crippen LogP contribution in [0.2, 0.25) is 0 Å². The van der Waals surface area contributed by atoms with Gasteiger partial charge in [-0.3, -0.25) is 10.2 Å². The summed E-state index contributed by atoms with van der Waals surface area (Å²) >= 11 is 0. The minimum Gasteiger partial charge on any atom is -0.508 e. The molecular weight excluding hydrogens is 438 g/mol. The maximum absolute atomic E-state index is 12.6. The average Bonchev–Trinajstić information content (AvgIpc) is 2.88. The van der Waals surface area contributed by atoms with E-state index in [1.807, 2.05) is 49.4 Å². The summed E-state index contributed by atoms with van der Waals surface area (Å²) in [4.78, 5) is 12.6. The number of aromatic hydroxyl groups is 1. The zero-order valence-corrected chi connectivity index (χ0v) is 20.1. The van der Waals surface area contributed by atoms with Crippen molar-refractivity contribution in [1.29, 1.82) is 5.41 Å². The molecule has 0 radical (unpaired) electrons. The Morgan fingerprint density at radius 2 is 1.51 bits per heavy atom. The molecule has 3 aromatic rings. The summed E-state index contributed by atoms with van der Waals surface area (Å²) in [5.41, 5.74) is 9.48. The fourth-order valence-electron chi connectivity index (χ4n) is 3.69. The number of carbonyl (C=O) groups excluding carboxylic acids is 1. The van der Waals surface area contributed by atoms with Crippen LogP contribution in [0.4, 0.5) is 0 Å². The number of benzene rings is 3. The van der Waals surface area contributed by atoms with Gasteiger partial charge in [-0.25, -0.2) is 0 Å². The SMILES string of the molecule is C[C@H](NC[C@@H](CCc1ccccc1)NCc1ccc(O)cc1)C(=O)NCc1ccc(C(=N)N)cc1. The number of rotatable bonds is 13. The largest absolute Gasteiger partial charge is 0.508 e. The molecule has 0 bridgehead atoms. The lowest BCUT2D eigenvalue weighted by Crippen LogP contribution is -2.47. The molecular formula is C28H35N5O2. The molecule has 184 valence electrons. The van der Waals surface area contributed by atoms with E-state index in [1.54, 1.807) is 24.3 Å². The Kier molecular flexibility index (Phi) is 9.83. The predicted molar refractivity (Wildman–Crippen MR) is 140 cm³/mol. The first kappa shape index (κ1) is 25.9. The highest BCUT2D eigenvalue weighted by molar-refractivity contribution is 5.94. The van der Waals surface area contributed by atoms with Gasteiger partial charge in [-0.1, -0.05) is 66.7 Å². The van der Waals surface area contributed by atoms with E-state index in [1.165, 1.54) is 5.56 Å². The number of hydrogen-bond acceptors (Lipinski definition) is 5. The first-order valence-electron chi connectivity index (χ1n) is 11.9. The summed E-state index contributed by atoms with van der Waals surface area (Å²) in [5, 5.41) is 26.9. The summed E-state index contributed by atoms with van der Waals surface area (Å²) < 4.78 is 0. The van der Waals surface area contributed by atoms with Crippen LogP contribution in [0.3, 0.4) is 0 Å². The third-order valence-corrected chi connectivity index (χ3v) is 5.95. The maximum atomic E-state index is 12.6. The van der Waals surface area contributed by atoms with Gasteiger partial charge in [0, 0.05) is 31.2 Å². The van der Waals surface area contributed by atoms with E-state index < -0.39 is 0 Å². The van der Waals surface area contributed by atoms with Gasteiger partial charge in [0.2, 0.25) is 5.91 Å². The molecule has 7 heteroatoms. The number of amides is 1. The summed E-state index contributed by atoms with van der Waals surface area (Å²) in [7, 11) is 0. The minimum absolute atomic E-state index is 0.0271. The molecule has 0 saturated carbocycles. The van der Waals surface area contributed by atoms with Gasteiger partial charge in [0.15, 0.2) is 0 Å². The van der Waals surface area contributed by atoms with Crippen molar-refractivity contribution in [3.8, 4) is 5.75 Å². The van der Waals surface area contributed by atoms with Gasteiger partial charge in [0.05, 0.1) is 6.04 Å². The zero-order chi connectivity index (χ0) is 25.0. The lowest BCUT2D eigenvalue weighted by molar-refractivity contribution is -0.122. The second-order valence-corrected chi connectivity index (χ2v) is 8.73. The van der Waals surface area contributed by atoms with Gasteiger partial charge in [0.25, 0.3) is 0 Å². The molecule has 1 amide bonds. The lowest BCUT2D eigenvalue weighted by atomic mass is 10.0. The molecule has 0 saturated heterocycles. The number of nitrogens with two attached hydrogens (primary N) is 1. The van der Waals surface area contributed by atoms with Gasteiger partial charge in [-0.2, -0.15) is 0 Å². The van der Waals surface area contributed by atoms with Crippen LogP contribution in [0.15, 0.2) is 78.9 Å². The molecule has 3 rings (SSSR count). The molecule has 0 heterocycles. The van der Waals surface area contributed by atoms with Crippen molar-refractivity contribution < 1.29 is 9.90 Å². The quantitative estimate of drug-likeness (QED) is 0.168. The molecule has 2 atom stereocenters. The number of carbonyl (C=O) groups is 1. The monoisotopic (exact) mass is 473 g/mol. The normalized spacial score (nSPS) is 12.6. The molecule has 35 heavy (non-hydrogen) atoms. The van der Waals surface area contributed by atoms with E-state index in [9.17, 15) is 9.90 Å². The number of phenolic OH excluding ortho intramolecular Hbond substituents is 1. The van der Waals surface area contributed by atoms with Crippen LogP contribution >= 0.6 is 0 Å².